The molecule has 0 saturated heterocycles. The van der Waals surface area contributed by atoms with Gasteiger partial charge in [-0.3, -0.25) is 4.79 Å². The highest BCUT2D eigenvalue weighted by Crippen LogP contribution is 2.35. The third kappa shape index (κ3) is 6.86. The van der Waals surface area contributed by atoms with Crippen molar-refractivity contribution in [1.82, 2.24) is 5.43 Å². The van der Waals surface area contributed by atoms with Gasteiger partial charge in [0.1, 0.15) is 6.61 Å². The lowest BCUT2D eigenvalue weighted by Crippen LogP contribution is -2.18. The van der Waals surface area contributed by atoms with E-state index in [0.29, 0.717) is 31.4 Å². The van der Waals surface area contributed by atoms with E-state index in [2.05, 4.69) is 26.5 Å². The van der Waals surface area contributed by atoms with Gasteiger partial charge in [-0.15, -0.1) is 0 Å². The molecule has 4 nitrogen and oxygen atoms in total. The number of hydrogen-bond donors (Lipinski definition) is 1. The van der Waals surface area contributed by atoms with Crippen molar-refractivity contribution in [2.75, 3.05) is 0 Å². The zero-order valence-corrected chi connectivity index (χ0v) is 20.2. The number of carbonyl (C=O) groups excluding carboxylic acids is 1. The fraction of sp³-hybridized carbons (Fsp3) is 0.0909. The third-order valence-electron chi connectivity index (χ3n) is 4.24. The van der Waals surface area contributed by atoms with E-state index in [4.69, 9.17) is 39.5 Å². The van der Waals surface area contributed by atoms with Crippen molar-refractivity contribution in [1.29, 1.82) is 0 Å². The van der Waals surface area contributed by atoms with Crippen LogP contribution in [0.5, 0.6) is 5.75 Å². The molecule has 0 unspecified atom stereocenters. The van der Waals surface area contributed by atoms with Crippen LogP contribution in [0.15, 0.2) is 64.2 Å². The molecule has 0 aromatic heterocycles. The van der Waals surface area contributed by atoms with Gasteiger partial charge in [-0.2, -0.15) is 18.3 Å². The summed E-state index contributed by atoms with van der Waals surface area (Å²) in [5.74, 6) is -0.421. The van der Waals surface area contributed by atoms with Crippen LogP contribution in [0.4, 0.5) is 13.2 Å². The molecule has 1 amide bonds. The predicted molar refractivity (Wildman–Crippen MR) is 126 cm³/mol. The zero-order valence-electron chi connectivity index (χ0n) is 16.4. The SMILES string of the molecule is O=C(N/N=C\c1cc(Cl)c(OCc2ccc(Cl)cc2Cl)c(Br)c1)c1cccc(C(F)(F)F)c1. The van der Waals surface area contributed by atoms with Crippen LogP contribution in [0.3, 0.4) is 0 Å². The summed E-state index contributed by atoms with van der Waals surface area (Å²) >= 11 is 21.7. The van der Waals surface area contributed by atoms with Gasteiger partial charge in [0.15, 0.2) is 5.75 Å². The van der Waals surface area contributed by atoms with Gasteiger partial charge in [-0.1, -0.05) is 46.9 Å². The predicted octanol–water partition coefficient (Wildman–Crippen LogP) is 7.77. The summed E-state index contributed by atoms with van der Waals surface area (Å²) in [6.45, 7) is 0.148. The average molecular weight is 581 g/mol. The Hall–Kier alpha value is -2.26. The van der Waals surface area contributed by atoms with Crippen LogP contribution in [0.25, 0.3) is 0 Å². The van der Waals surface area contributed by atoms with Crippen LogP contribution in [0, 0.1) is 0 Å². The number of nitrogens with one attached hydrogen (secondary N) is 1. The Morgan fingerprint density at radius 2 is 1.82 bits per heavy atom. The van der Waals surface area contributed by atoms with Crippen molar-refractivity contribution in [3.8, 4) is 5.75 Å². The maximum atomic E-state index is 12.8. The van der Waals surface area contributed by atoms with Gasteiger partial charge in [0.05, 0.1) is 21.3 Å². The largest absolute Gasteiger partial charge is 0.486 e. The smallest absolute Gasteiger partial charge is 0.416 e. The van der Waals surface area contributed by atoms with Crippen molar-refractivity contribution in [2.24, 2.45) is 5.10 Å². The van der Waals surface area contributed by atoms with Crippen LogP contribution < -0.4 is 10.2 Å². The van der Waals surface area contributed by atoms with E-state index >= 15 is 0 Å². The number of nitrogens with zero attached hydrogens (tertiary/aromatic N) is 1. The number of rotatable bonds is 6. The molecule has 0 aliphatic carbocycles. The van der Waals surface area contributed by atoms with E-state index in [9.17, 15) is 18.0 Å². The Morgan fingerprint density at radius 3 is 2.48 bits per heavy atom. The average Bonchev–Trinajstić information content (AvgIpc) is 2.74. The van der Waals surface area contributed by atoms with Gasteiger partial charge in [0.25, 0.3) is 5.91 Å². The van der Waals surface area contributed by atoms with Gasteiger partial charge in [0, 0.05) is 21.2 Å². The lowest BCUT2D eigenvalue weighted by molar-refractivity contribution is -0.137. The fourth-order valence-electron chi connectivity index (χ4n) is 2.65. The molecule has 0 aliphatic rings. The Balaban J connectivity index is 1.66. The first kappa shape index (κ1) is 25.4. The minimum atomic E-state index is -4.55. The molecule has 0 radical (unpaired) electrons. The number of alkyl halides is 3. The first-order chi connectivity index (χ1) is 15.5. The topological polar surface area (TPSA) is 50.7 Å². The molecule has 0 saturated carbocycles. The van der Waals surface area contributed by atoms with Crippen LogP contribution in [0.2, 0.25) is 15.1 Å². The fourth-order valence-corrected chi connectivity index (χ4v) is 4.10. The molecule has 172 valence electrons. The summed E-state index contributed by atoms with van der Waals surface area (Å²) in [5, 5.41) is 5.00. The van der Waals surface area contributed by atoms with Crippen molar-refractivity contribution in [3.63, 3.8) is 0 Å². The Kier molecular flexibility index (Phi) is 8.28. The normalized spacial score (nSPS) is 11.6. The number of amides is 1. The van der Waals surface area contributed by atoms with Crippen molar-refractivity contribution >= 4 is 62.9 Å². The van der Waals surface area contributed by atoms with Crippen LogP contribution in [-0.2, 0) is 12.8 Å². The molecule has 33 heavy (non-hydrogen) atoms. The highest BCUT2D eigenvalue weighted by Gasteiger charge is 2.30. The van der Waals surface area contributed by atoms with Crippen LogP contribution in [-0.4, -0.2) is 12.1 Å². The number of hydrazone groups is 1. The monoisotopic (exact) mass is 578 g/mol. The van der Waals surface area contributed by atoms with Gasteiger partial charge >= 0.3 is 6.18 Å². The van der Waals surface area contributed by atoms with Gasteiger partial charge in [-0.25, -0.2) is 5.43 Å². The highest BCUT2D eigenvalue weighted by molar-refractivity contribution is 9.10. The van der Waals surface area contributed by atoms with E-state index in [0.717, 1.165) is 18.2 Å². The number of benzene rings is 3. The van der Waals surface area contributed by atoms with Gasteiger partial charge < -0.3 is 4.74 Å². The third-order valence-corrected chi connectivity index (χ3v) is 5.70. The lowest BCUT2D eigenvalue weighted by atomic mass is 10.1. The second-order valence-electron chi connectivity index (χ2n) is 6.62. The molecule has 1 N–H and O–H groups in total. The summed E-state index contributed by atoms with van der Waals surface area (Å²) in [6.07, 6.45) is -3.26. The molecule has 11 heteroatoms. The molecule has 0 fully saturated rings. The van der Waals surface area contributed by atoms with Crippen LogP contribution in [0.1, 0.15) is 27.0 Å². The lowest BCUT2D eigenvalue weighted by Gasteiger charge is -2.12. The number of carbonyl (C=O) groups is 1. The summed E-state index contributed by atoms with van der Waals surface area (Å²) in [4.78, 5) is 12.1. The van der Waals surface area contributed by atoms with E-state index in [1.165, 1.54) is 12.3 Å². The second kappa shape index (κ2) is 10.8. The summed E-state index contributed by atoms with van der Waals surface area (Å²) in [7, 11) is 0. The van der Waals surface area contributed by atoms with Crippen LogP contribution >= 0.6 is 50.7 Å². The molecule has 3 aromatic rings. The summed E-state index contributed by atoms with van der Waals surface area (Å²) in [5.41, 5.74) is 2.31. The van der Waals surface area contributed by atoms with Crippen molar-refractivity contribution in [3.05, 3.63) is 96.4 Å². The first-order valence-electron chi connectivity index (χ1n) is 9.11. The zero-order chi connectivity index (χ0) is 24.2. The maximum absolute atomic E-state index is 12.8. The number of hydrogen-bond acceptors (Lipinski definition) is 3. The molecular formula is C22H13BrCl3F3N2O2. The minimum Gasteiger partial charge on any atom is -0.486 e. The second-order valence-corrected chi connectivity index (χ2v) is 8.72. The minimum absolute atomic E-state index is 0.148. The molecule has 0 spiro atoms. The first-order valence-corrected chi connectivity index (χ1v) is 11.0. The molecule has 0 heterocycles. The standard InChI is InChI=1S/C22H13BrCl3F3N2O2/c23-17-6-12(7-19(26)20(17)33-11-14-4-5-16(24)9-18(14)25)10-30-31-21(32)13-2-1-3-15(8-13)22(27,28)29/h1-10H,11H2,(H,31,32)/b30-10-. The number of halogens is 7. The molecule has 0 atom stereocenters. The summed E-state index contributed by atoms with van der Waals surface area (Å²) < 4.78 is 44.7. The van der Waals surface area contributed by atoms with E-state index in [-0.39, 0.29) is 17.2 Å². The Labute approximate surface area is 210 Å². The van der Waals surface area contributed by atoms with Gasteiger partial charge in [-0.05, 0) is 64.0 Å². The quantitative estimate of drug-likeness (QED) is 0.239. The number of ether oxygens (including phenoxy) is 1. The molecule has 3 rings (SSSR count). The van der Waals surface area contributed by atoms with Crippen molar-refractivity contribution in [2.45, 2.75) is 12.8 Å². The maximum Gasteiger partial charge on any atom is 0.416 e. The highest BCUT2D eigenvalue weighted by atomic mass is 79.9. The Morgan fingerprint density at radius 1 is 1.06 bits per heavy atom. The molecule has 0 bridgehead atoms. The van der Waals surface area contributed by atoms with E-state index in [1.54, 1.807) is 30.3 Å². The van der Waals surface area contributed by atoms with Crippen molar-refractivity contribution < 1.29 is 22.7 Å². The molecular weight excluding hydrogens is 568 g/mol. The molecule has 0 aliphatic heterocycles. The Bertz CT molecular complexity index is 1200. The molecule has 3 aromatic carbocycles. The van der Waals surface area contributed by atoms with E-state index in [1.807, 2.05) is 0 Å². The van der Waals surface area contributed by atoms with Gasteiger partial charge in [0.2, 0.25) is 0 Å². The summed E-state index contributed by atoms with van der Waals surface area (Å²) in [6, 6.07) is 12.3. The van der Waals surface area contributed by atoms with E-state index < -0.39 is 17.6 Å².